The van der Waals surface area contributed by atoms with Crippen LogP contribution < -0.4 is 20.0 Å². The zero-order chi connectivity index (χ0) is 30.6. The fourth-order valence-corrected chi connectivity index (χ4v) is 6.63. The van der Waals surface area contributed by atoms with E-state index in [-0.39, 0.29) is 35.6 Å². The van der Waals surface area contributed by atoms with Crippen molar-refractivity contribution in [3.05, 3.63) is 54.2 Å². The van der Waals surface area contributed by atoms with E-state index in [2.05, 4.69) is 24.1 Å². The molecule has 2 aromatic heterocycles. The molecule has 2 amide bonds. The Bertz CT molecular complexity index is 1580. The van der Waals surface area contributed by atoms with Gasteiger partial charge in [-0.15, -0.1) is 0 Å². The molecule has 44 heavy (non-hydrogen) atoms. The lowest BCUT2D eigenvalue weighted by Gasteiger charge is -2.42. The third-order valence-electron chi connectivity index (χ3n) is 9.37. The number of nitrogens with zero attached hydrogens (tertiary/aromatic N) is 7. The number of cyclic esters (lactones) is 1. The van der Waals surface area contributed by atoms with Gasteiger partial charge in [0.05, 0.1) is 24.8 Å². The van der Waals surface area contributed by atoms with E-state index in [1.165, 1.54) is 0 Å². The van der Waals surface area contributed by atoms with Crippen LogP contribution in [0.3, 0.4) is 0 Å². The van der Waals surface area contributed by atoms with Gasteiger partial charge in [0, 0.05) is 48.2 Å². The molecular weight excluding hydrogens is 560 g/mol. The van der Waals surface area contributed by atoms with Gasteiger partial charge in [-0.25, -0.2) is 14.8 Å². The van der Waals surface area contributed by atoms with Crippen LogP contribution in [0, 0.1) is 0 Å². The van der Waals surface area contributed by atoms with Gasteiger partial charge in [0.15, 0.2) is 0 Å². The lowest BCUT2D eigenvalue weighted by Crippen LogP contribution is -2.48. The van der Waals surface area contributed by atoms with Gasteiger partial charge in [-0.2, -0.15) is 4.98 Å². The van der Waals surface area contributed by atoms with Crippen molar-refractivity contribution in [2.45, 2.75) is 57.2 Å². The van der Waals surface area contributed by atoms with Crippen molar-refractivity contribution in [2.24, 2.45) is 0 Å². The second-order valence-electron chi connectivity index (χ2n) is 12.4. The Hall–Kier alpha value is -4.29. The maximum absolute atomic E-state index is 12.5. The number of pyridine rings is 1. The van der Waals surface area contributed by atoms with Crippen molar-refractivity contribution in [2.75, 3.05) is 59.9 Å². The number of hydrogen-bond donors (Lipinski definition) is 1. The molecule has 4 aliphatic rings. The van der Waals surface area contributed by atoms with Gasteiger partial charge in [0.25, 0.3) is 0 Å². The summed E-state index contributed by atoms with van der Waals surface area (Å²) in [4.78, 5) is 47.4. The van der Waals surface area contributed by atoms with Crippen LogP contribution in [0.4, 0.5) is 39.6 Å². The van der Waals surface area contributed by atoms with Gasteiger partial charge in [-0.1, -0.05) is 13.0 Å². The molecule has 1 N–H and O–H groups in total. The van der Waals surface area contributed by atoms with Gasteiger partial charge < -0.3 is 24.6 Å². The zero-order valence-electron chi connectivity index (χ0n) is 25.6. The molecule has 0 radical (unpaired) electrons. The summed E-state index contributed by atoms with van der Waals surface area (Å²) in [5, 5.41) is 3.35. The number of benzene rings is 1. The Morgan fingerprint density at radius 1 is 1.02 bits per heavy atom. The first-order chi connectivity index (χ1) is 21.2. The number of carbonyl (C=O) groups excluding carboxylic acids is 2. The molecule has 3 aromatic rings. The van der Waals surface area contributed by atoms with Crippen LogP contribution in [0.2, 0.25) is 0 Å². The summed E-state index contributed by atoms with van der Waals surface area (Å²) in [5.74, 6) is 2.69. The summed E-state index contributed by atoms with van der Waals surface area (Å²) in [7, 11) is 1.96. The van der Waals surface area contributed by atoms with E-state index in [0.29, 0.717) is 43.9 Å². The number of rotatable bonds is 6. The summed E-state index contributed by atoms with van der Waals surface area (Å²) in [6.07, 6.45) is 3.19. The van der Waals surface area contributed by atoms with E-state index in [1.807, 2.05) is 72.4 Å². The van der Waals surface area contributed by atoms with Crippen molar-refractivity contribution < 1.29 is 19.1 Å². The van der Waals surface area contributed by atoms with E-state index < -0.39 is 0 Å². The first-order valence-electron chi connectivity index (χ1n) is 15.3. The predicted octanol–water partition coefficient (Wildman–Crippen LogP) is 4.43. The number of likely N-dealkylation sites (N-methyl/N-ethyl adjacent to an activating group) is 1. The van der Waals surface area contributed by atoms with Gasteiger partial charge >= 0.3 is 6.09 Å². The predicted molar refractivity (Wildman–Crippen MR) is 167 cm³/mol. The van der Waals surface area contributed by atoms with Crippen LogP contribution >= 0.6 is 0 Å². The summed E-state index contributed by atoms with van der Waals surface area (Å²) >= 11 is 0. The fourth-order valence-electron chi connectivity index (χ4n) is 6.63. The molecule has 0 aliphatic carbocycles. The Morgan fingerprint density at radius 2 is 1.80 bits per heavy atom. The van der Waals surface area contributed by atoms with Crippen LogP contribution in [0.25, 0.3) is 0 Å². The van der Waals surface area contributed by atoms with Crippen molar-refractivity contribution >= 4 is 46.8 Å². The van der Waals surface area contributed by atoms with E-state index in [0.717, 1.165) is 42.1 Å². The first kappa shape index (κ1) is 28.5. The molecule has 4 atom stereocenters. The third kappa shape index (κ3) is 5.01. The molecule has 0 spiro atoms. The summed E-state index contributed by atoms with van der Waals surface area (Å²) < 4.78 is 11.7. The van der Waals surface area contributed by atoms with Crippen molar-refractivity contribution in [1.29, 1.82) is 0 Å². The molecule has 3 fully saturated rings. The van der Waals surface area contributed by atoms with Crippen LogP contribution in [-0.2, 0) is 14.3 Å². The third-order valence-corrected chi connectivity index (χ3v) is 9.37. The molecule has 1 aromatic carbocycles. The van der Waals surface area contributed by atoms with Gasteiger partial charge in [0.2, 0.25) is 11.9 Å². The van der Waals surface area contributed by atoms with Crippen molar-refractivity contribution in [3.63, 3.8) is 0 Å². The molecular formula is C32H38N8O4. The largest absolute Gasteiger partial charge is 0.447 e. The summed E-state index contributed by atoms with van der Waals surface area (Å²) in [6.45, 7) is 9.10. The van der Waals surface area contributed by atoms with E-state index in [9.17, 15) is 9.59 Å². The molecule has 0 bridgehead atoms. The first-order valence-corrected chi connectivity index (χ1v) is 15.3. The monoisotopic (exact) mass is 598 g/mol. The lowest BCUT2D eigenvalue weighted by atomic mass is 9.83. The number of carbonyl (C=O) groups is 2. The van der Waals surface area contributed by atoms with Crippen LogP contribution in [0.5, 0.6) is 0 Å². The molecule has 230 valence electrons. The SMILES string of the molecule is CCC1(C)C[C@@H]2C(CO1)c1cnc(Nc3ccc(N4CCN(C)CC4=O)cc3)nc1N2c1cccc(N2C(=O)OCC2C)n1. The van der Waals surface area contributed by atoms with E-state index >= 15 is 0 Å². The standard InChI is InChI=1S/C32H38N8O4/c1-5-32(3)15-25-24(19-44-32)23-16-33-30(34-21-9-11-22(12-10-21)38-14-13-37(4)17-28(38)41)36-29(23)40(25)27-8-6-7-26(35-27)39-20(2)18-43-31(39)42/h6-12,16,20,24-25H,5,13-15,17-19H2,1-4H3,(H,33,34,36)/t20?,24?,25-,32?/m1/s1. The number of piperazine rings is 1. The van der Waals surface area contributed by atoms with Gasteiger partial charge in [-0.3, -0.25) is 14.6 Å². The number of ether oxygens (including phenoxy) is 2. The molecule has 3 saturated heterocycles. The average Bonchev–Trinajstić information content (AvgIpc) is 3.52. The quantitative estimate of drug-likeness (QED) is 0.437. The topological polar surface area (TPSA) is 116 Å². The normalized spacial score (nSPS) is 26.9. The van der Waals surface area contributed by atoms with Gasteiger partial charge in [-0.05, 0) is 70.1 Å². The van der Waals surface area contributed by atoms with E-state index in [1.54, 1.807) is 4.90 Å². The van der Waals surface area contributed by atoms with Crippen molar-refractivity contribution in [3.8, 4) is 0 Å². The number of aromatic nitrogens is 3. The molecule has 12 nitrogen and oxygen atoms in total. The number of fused-ring (bicyclic) bond motifs is 3. The Labute approximate surface area is 257 Å². The van der Waals surface area contributed by atoms with E-state index in [4.69, 9.17) is 24.4 Å². The Kier molecular flexibility index (Phi) is 7.13. The highest BCUT2D eigenvalue weighted by molar-refractivity contribution is 5.95. The number of anilines is 6. The molecule has 12 heteroatoms. The second-order valence-corrected chi connectivity index (χ2v) is 12.4. The number of nitrogens with one attached hydrogen (secondary N) is 1. The summed E-state index contributed by atoms with van der Waals surface area (Å²) in [6, 6.07) is 13.5. The highest BCUT2D eigenvalue weighted by atomic mass is 16.6. The molecule has 7 rings (SSSR count). The smallest absolute Gasteiger partial charge is 0.415 e. The molecule has 6 heterocycles. The molecule has 0 saturated carbocycles. The number of hydrogen-bond acceptors (Lipinski definition) is 10. The lowest BCUT2D eigenvalue weighted by molar-refractivity contribution is -0.120. The second kappa shape index (κ2) is 11.0. The highest BCUT2D eigenvalue weighted by Crippen LogP contribution is 2.50. The Balaban J connectivity index is 1.20. The highest BCUT2D eigenvalue weighted by Gasteiger charge is 2.49. The van der Waals surface area contributed by atoms with Crippen LogP contribution in [0.1, 0.15) is 45.1 Å². The van der Waals surface area contributed by atoms with Crippen molar-refractivity contribution in [1.82, 2.24) is 19.9 Å². The van der Waals surface area contributed by atoms with Crippen LogP contribution in [-0.4, -0.2) is 89.4 Å². The van der Waals surface area contributed by atoms with Gasteiger partial charge in [0.1, 0.15) is 24.1 Å². The Morgan fingerprint density at radius 3 is 2.50 bits per heavy atom. The minimum atomic E-state index is -0.386. The maximum atomic E-state index is 12.5. The maximum Gasteiger partial charge on any atom is 0.415 e. The minimum Gasteiger partial charge on any atom is -0.447 e. The van der Waals surface area contributed by atoms with Crippen LogP contribution in [0.15, 0.2) is 48.7 Å². The fraction of sp³-hybridized carbons (Fsp3) is 0.469. The zero-order valence-corrected chi connectivity index (χ0v) is 25.6. The minimum absolute atomic E-state index is 0.0689. The summed E-state index contributed by atoms with van der Waals surface area (Å²) in [5.41, 5.74) is 2.44. The average molecular weight is 599 g/mol. The molecule has 3 unspecified atom stereocenters. The number of amides is 2. The molecule has 4 aliphatic heterocycles.